The van der Waals surface area contributed by atoms with Crippen LogP contribution in [-0.2, 0) is 6.42 Å². The maximum absolute atomic E-state index is 12.7. The van der Waals surface area contributed by atoms with Crippen molar-refractivity contribution < 1.29 is 24.9 Å². The number of ether oxygens (including phenoxy) is 1. The number of carbonyl (C=O) groups is 1. The number of hydrogen-bond acceptors (Lipinski definition) is 5. The second-order valence-electron chi connectivity index (χ2n) is 9.48. The highest BCUT2D eigenvalue weighted by atomic mass is 16.5. The van der Waals surface area contributed by atoms with Crippen LogP contribution in [0.15, 0.2) is 42.5 Å². The summed E-state index contributed by atoms with van der Waals surface area (Å²) in [6.07, 6.45) is 2.70. The molecule has 2 aromatic carbocycles. The molecule has 158 valence electrons. The summed E-state index contributed by atoms with van der Waals surface area (Å²) in [6.45, 7) is 2.11. The zero-order valence-electron chi connectivity index (χ0n) is 17.1. The lowest BCUT2D eigenvalue weighted by atomic mass is 9.55. The van der Waals surface area contributed by atoms with E-state index < -0.39 is 18.2 Å². The lowest BCUT2D eigenvalue weighted by Crippen LogP contribution is -2.45. The van der Waals surface area contributed by atoms with Crippen LogP contribution in [0.5, 0.6) is 11.5 Å². The second kappa shape index (κ2) is 7.10. The topological polar surface area (TPSA) is 87.0 Å². The second-order valence-corrected chi connectivity index (χ2v) is 9.48. The predicted octanol–water partition coefficient (Wildman–Crippen LogP) is 3.80. The molecular weight excluding hydrogens is 380 g/mol. The van der Waals surface area contributed by atoms with Crippen molar-refractivity contribution in [2.24, 2.45) is 17.3 Å². The van der Waals surface area contributed by atoms with Crippen molar-refractivity contribution in [3.05, 3.63) is 59.2 Å². The molecule has 0 aromatic heterocycles. The van der Waals surface area contributed by atoms with E-state index in [1.165, 1.54) is 0 Å². The third-order valence-corrected chi connectivity index (χ3v) is 7.95. The minimum Gasteiger partial charge on any atom is -0.508 e. The Morgan fingerprint density at radius 1 is 1.13 bits per heavy atom. The summed E-state index contributed by atoms with van der Waals surface area (Å²) in [5.74, 6) is 0.871. The monoisotopic (exact) mass is 408 g/mol. The molecule has 0 radical (unpaired) electrons. The van der Waals surface area contributed by atoms with Crippen LogP contribution in [0.25, 0.3) is 0 Å². The van der Waals surface area contributed by atoms with E-state index >= 15 is 0 Å². The van der Waals surface area contributed by atoms with E-state index in [0.717, 1.165) is 36.8 Å². The van der Waals surface area contributed by atoms with Gasteiger partial charge in [0.05, 0.1) is 17.8 Å². The van der Waals surface area contributed by atoms with Gasteiger partial charge in [-0.05, 0) is 79.0 Å². The number of hydrogen-bond donors (Lipinski definition) is 3. The summed E-state index contributed by atoms with van der Waals surface area (Å²) < 4.78 is 5.81. The van der Waals surface area contributed by atoms with E-state index in [2.05, 4.69) is 6.92 Å². The van der Waals surface area contributed by atoms with Crippen molar-refractivity contribution >= 4 is 5.97 Å². The molecule has 3 aliphatic rings. The Morgan fingerprint density at radius 2 is 1.90 bits per heavy atom. The average molecular weight is 408 g/mol. The van der Waals surface area contributed by atoms with Gasteiger partial charge >= 0.3 is 5.97 Å². The van der Waals surface area contributed by atoms with Crippen LogP contribution in [0.3, 0.4) is 0 Å². The molecule has 0 bridgehead atoms. The molecule has 0 saturated heterocycles. The first kappa shape index (κ1) is 19.6. The fraction of sp³-hybridized carbons (Fsp3) is 0.480. The lowest BCUT2D eigenvalue weighted by molar-refractivity contribution is -0.0507. The van der Waals surface area contributed by atoms with Gasteiger partial charge in [-0.15, -0.1) is 0 Å². The Labute approximate surface area is 176 Å². The maximum Gasteiger partial charge on any atom is 0.343 e. The summed E-state index contributed by atoms with van der Waals surface area (Å²) in [4.78, 5) is 12.7. The first-order valence-electron chi connectivity index (χ1n) is 10.9. The van der Waals surface area contributed by atoms with Crippen LogP contribution in [0, 0.1) is 17.3 Å². The van der Waals surface area contributed by atoms with Crippen molar-refractivity contribution in [1.82, 2.24) is 0 Å². The van der Waals surface area contributed by atoms with Crippen molar-refractivity contribution in [1.29, 1.82) is 0 Å². The molecule has 2 saturated carbocycles. The van der Waals surface area contributed by atoms with Crippen molar-refractivity contribution in [3.63, 3.8) is 0 Å². The Bertz CT molecular complexity index is 971. The molecule has 3 N–H and O–H groups in total. The van der Waals surface area contributed by atoms with E-state index in [4.69, 9.17) is 4.74 Å². The van der Waals surface area contributed by atoms with E-state index in [0.29, 0.717) is 23.7 Å². The number of aryl methyl sites for hydroxylation is 1. The lowest BCUT2D eigenvalue weighted by Gasteiger charge is -2.50. The van der Waals surface area contributed by atoms with E-state index in [-0.39, 0.29) is 23.0 Å². The van der Waals surface area contributed by atoms with E-state index in [9.17, 15) is 20.1 Å². The molecule has 0 aliphatic heterocycles. The summed E-state index contributed by atoms with van der Waals surface area (Å²) in [5.41, 5.74) is 2.26. The van der Waals surface area contributed by atoms with Crippen molar-refractivity contribution in [2.75, 3.05) is 0 Å². The molecule has 5 nitrogen and oxygen atoms in total. The maximum atomic E-state index is 12.7. The van der Waals surface area contributed by atoms with E-state index in [1.54, 1.807) is 36.4 Å². The van der Waals surface area contributed by atoms with Gasteiger partial charge < -0.3 is 20.1 Å². The van der Waals surface area contributed by atoms with Crippen molar-refractivity contribution in [2.45, 2.75) is 57.2 Å². The number of esters is 1. The number of aromatic hydroxyl groups is 1. The normalized spacial score (nSPS) is 34.6. The minimum atomic E-state index is -0.681. The highest BCUT2D eigenvalue weighted by Crippen LogP contribution is 2.62. The quantitative estimate of drug-likeness (QED) is 0.520. The number of fused-ring (bicyclic) bond motifs is 5. The summed E-state index contributed by atoms with van der Waals surface area (Å²) in [5, 5.41) is 31.2. The van der Waals surface area contributed by atoms with Gasteiger partial charge in [-0.3, -0.25) is 0 Å². The van der Waals surface area contributed by atoms with Gasteiger partial charge in [-0.2, -0.15) is 0 Å². The third kappa shape index (κ3) is 2.95. The van der Waals surface area contributed by atoms with Gasteiger partial charge in [0.2, 0.25) is 0 Å². The standard InChI is InChI=1S/C25H28O5/c1-25-10-9-18-17(19(25)13-20(27)23(25)28)8-7-15-11-16(26)12-21(22(15)18)30-24(29)14-5-3-2-4-6-14/h2-6,11-12,17-20,23,26-28H,7-10,13H2,1H3/t17-,18+,19+,20-,23+,25+/m1/s1. The molecule has 30 heavy (non-hydrogen) atoms. The molecule has 5 rings (SSSR count). The van der Waals surface area contributed by atoms with Crippen LogP contribution < -0.4 is 4.74 Å². The van der Waals surface area contributed by atoms with Gasteiger partial charge in [0.15, 0.2) is 0 Å². The minimum absolute atomic E-state index is 0.107. The molecule has 2 aromatic rings. The first-order chi connectivity index (χ1) is 14.4. The number of carbonyl (C=O) groups excluding carboxylic acids is 1. The average Bonchev–Trinajstić information content (AvgIpc) is 2.97. The van der Waals surface area contributed by atoms with E-state index in [1.807, 2.05) is 6.07 Å². The number of rotatable bonds is 2. The number of aliphatic hydroxyl groups excluding tert-OH is 2. The molecule has 6 atom stereocenters. The number of phenolic OH excluding ortho intramolecular Hbond substituents is 1. The molecule has 0 spiro atoms. The molecular formula is C25H28O5. The fourth-order valence-corrected chi connectivity index (χ4v) is 6.47. The first-order valence-corrected chi connectivity index (χ1v) is 10.9. The zero-order chi connectivity index (χ0) is 21.0. The summed E-state index contributed by atoms with van der Waals surface area (Å²) in [6, 6.07) is 12.2. The fourth-order valence-electron chi connectivity index (χ4n) is 6.47. The number of phenols is 1. The highest BCUT2D eigenvalue weighted by Gasteiger charge is 2.58. The predicted molar refractivity (Wildman–Crippen MR) is 112 cm³/mol. The van der Waals surface area contributed by atoms with Crippen LogP contribution >= 0.6 is 0 Å². The Morgan fingerprint density at radius 3 is 2.67 bits per heavy atom. The third-order valence-electron chi connectivity index (χ3n) is 7.95. The molecule has 2 fully saturated rings. The number of benzene rings is 2. The Balaban J connectivity index is 1.51. The summed E-state index contributed by atoms with van der Waals surface area (Å²) in [7, 11) is 0. The molecule has 0 heterocycles. The Hall–Kier alpha value is -2.37. The van der Waals surface area contributed by atoms with Gasteiger partial charge in [0, 0.05) is 11.6 Å². The zero-order valence-corrected chi connectivity index (χ0v) is 17.1. The highest BCUT2D eigenvalue weighted by molar-refractivity contribution is 5.91. The van der Waals surface area contributed by atoms with Crippen LogP contribution in [0.2, 0.25) is 0 Å². The molecule has 0 amide bonds. The smallest absolute Gasteiger partial charge is 0.343 e. The largest absolute Gasteiger partial charge is 0.508 e. The summed E-state index contributed by atoms with van der Waals surface area (Å²) >= 11 is 0. The molecule has 3 aliphatic carbocycles. The van der Waals surface area contributed by atoms with Crippen molar-refractivity contribution in [3.8, 4) is 11.5 Å². The van der Waals surface area contributed by atoms with Crippen LogP contribution in [-0.4, -0.2) is 33.5 Å². The van der Waals surface area contributed by atoms with Crippen LogP contribution in [0.4, 0.5) is 0 Å². The van der Waals surface area contributed by atoms with Gasteiger partial charge in [-0.1, -0.05) is 25.1 Å². The van der Waals surface area contributed by atoms with Gasteiger partial charge in [0.1, 0.15) is 11.5 Å². The molecule has 0 unspecified atom stereocenters. The van der Waals surface area contributed by atoms with Gasteiger partial charge in [0.25, 0.3) is 0 Å². The van der Waals surface area contributed by atoms with Crippen LogP contribution in [0.1, 0.15) is 60.0 Å². The Kier molecular flexibility index (Phi) is 4.64. The SMILES string of the molecule is C[C@]12CC[C@@H]3c4c(cc(O)cc4OC(=O)c4ccccc4)CC[C@H]3[C@@H]1C[C@@H](O)[C@@H]2O. The van der Waals surface area contributed by atoms with Gasteiger partial charge in [-0.25, -0.2) is 4.79 Å². The molecule has 5 heteroatoms. The number of aliphatic hydroxyl groups is 2.